The number of hydrogen-bond acceptors (Lipinski definition) is 3. The Balaban J connectivity index is 1.30. The van der Waals surface area contributed by atoms with Gasteiger partial charge >= 0.3 is 0 Å². The van der Waals surface area contributed by atoms with E-state index in [1.54, 1.807) is 12.1 Å². The van der Waals surface area contributed by atoms with Gasteiger partial charge in [0.25, 0.3) is 0 Å². The Hall–Kier alpha value is -7.04. The molecule has 0 aliphatic carbocycles. The monoisotopic (exact) mass is 810 g/mol. The molecule has 306 valence electrons. The fourth-order valence-electron chi connectivity index (χ4n) is 8.52. The van der Waals surface area contributed by atoms with E-state index in [4.69, 9.17) is 14.1 Å². The van der Waals surface area contributed by atoms with E-state index in [1.165, 1.54) is 5.56 Å². The van der Waals surface area contributed by atoms with Crippen molar-refractivity contribution >= 4 is 11.0 Å². The Morgan fingerprint density at radius 1 is 0.613 bits per heavy atom. The van der Waals surface area contributed by atoms with E-state index < -0.39 is 6.85 Å². The molecule has 0 saturated carbocycles. The van der Waals surface area contributed by atoms with Crippen molar-refractivity contribution in [1.29, 1.82) is 0 Å². The number of para-hydroxylation sites is 1. The zero-order valence-corrected chi connectivity index (χ0v) is 36.2. The number of nitrogens with zero attached hydrogens (tertiary/aromatic N) is 3. The van der Waals surface area contributed by atoms with Crippen LogP contribution < -0.4 is 0 Å². The zero-order chi connectivity index (χ0) is 45.6. The highest BCUT2D eigenvalue weighted by Crippen LogP contribution is 2.44. The highest BCUT2D eigenvalue weighted by atomic mass is 16.3. The van der Waals surface area contributed by atoms with Crippen LogP contribution in [-0.4, -0.2) is 19.6 Å². The average Bonchev–Trinajstić information content (AvgIpc) is 3.69. The van der Waals surface area contributed by atoms with E-state index in [0.717, 1.165) is 90.0 Å². The lowest BCUT2D eigenvalue weighted by Crippen LogP contribution is -2.12. The van der Waals surface area contributed by atoms with Gasteiger partial charge in [-0.15, -0.1) is 0 Å². The fourth-order valence-corrected chi connectivity index (χ4v) is 8.52. The quantitative estimate of drug-likeness (QED) is 0.158. The molecule has 0 spiro atoms. The molecule has 0 unspecified atom stereocenters. The molecule has 0 radical (unpaired) electrons. The van der Waals surface area contributed by atoms with E-state index in [9.17, 15) is 5.11 Å². The average molecular weight is 811 g/mol. The van der Waals surface area contributed by atoms with Crippen molar-refractivity contribution in [3.63, 3.8) is 0 Å². The van der Waals surface area contributed by atoms with E-state index in [-0.39, 0.29) is 11.2 Å². The molecule has 0 fully saturated rings. The number of aromatic nitrogens is 3. The molecule has 4 heteroatoms. The fraction of sp³-hybridized carbons (Fsp3) is 0.172. The number of benzene rings is 7. The smallest absolute Gasteiger partial charge is 0.149 e. The molecule has 7 aromatic carbocycles. The Labute approximate surface area is 370 Å². The maximum absolute atomic E-state index is 12.0. The van der Waals surface area contributed by atoms with Crippen LogP contribution in [0.4, 0.5) is 0 Å². The van der Waals surface area contributed by atoms with Gasteiger partial charge in [-0.25, -0.2) is 4.98 Å². The highest BCUT2D eigenvalue weighted by Gasteiger charge is 2.26. The normalized spacial score (nSPS) is 12.7. The Morgan fingerprint density at radius 2 is 1.31 bits per heavy atom. The van der Waals surface area contributed by atoms with Gasteiger partial charge in [-0.05, 0) is 136 Å². The van der Waals surface area contributed by atoms with Crippen molar-refractivity contribution in [3.8, 4) is 78.6 Å². The summed E-state index contributed by atoms with van der Waals surface area (Å²) < 4.78 is 25.8. The maximum atomic E-state index is 12.0. The highest BCUT2D eigenvalue weighted by molar-refractivity contribution is 5.98. The summed E-state index contributed by atoms with van der Waals surface area (Å²) in [6.45, 7) is 10.9. The van der Waals surface area contributed by atoms with Crippen LogP contribution in [-0.2, 0) is 11.8 Å². The first-order valence-corrected chi connectivity index (χ1v) is 21.5. The van der Waals surface area contributed by atoms with Crippen molar-refractivity contribution in [2.45, 2.75) is 60.2 Å². The van der Waals surface area contributed by atoms with Crippen LogP contribution >= 0.6 is 0 Å². The van der Waals surface area contributed by atoms with Gasteiger partial charge in [-0.2, -0.15) is 0 Å². The summed E-state index contributed by atoms with van der Waals surface area (Å²) in [7, 11) is 0. The van der Waals surface area contributed by atoms with Gasteiger partial charge in [0.2, 0.25) is 0 Å². The molecule has 0 aliphatic heterocycles. The number of fused-ring (bicyclic) bond motifs is 1. The van der Waals surface area contributed by atoms with Gasteiger partial charge in [-0.1, -0.05) is 149 Å². The number of hydrogen-bond donors (Lipinski definition) is 1. The Bertz CT molecular complexity index is 3180. The lowest BCUT2D eigenvalue weighted by Gasteiger charge is -2.22. The van der Waals surface area contributed by atoms with Crippen LogP contribution in [0, 0.1) is 19.7 Å². The van der Waals surface area contributed by atoms with E-state index in [0.29, 0.717) is 22.9 Å². The SMILES string of the molecule is [2H]C([2H])([2H])c1ccc(-c2ccnc(-c3cc(-c4ccccc4)cc(-c4cccc5c4nc(-c4cc(C(C)(C)C)cc(C)c4O)n5-c4ccc(CC(C)C)cc4-c4ccccc4)c3)c2)cc1. The topological polar surface area (TPSA) is 50.9 Å². The minimum absolute atomic E-state index is 0.177. The van der Waals surface area contributed by atoms with Gasteiger partial charge in [0, 0.05) is 27.0 Å². The largest absolute Gasteiger partial charge is 0.507 e. The predicted octanol–water partition coefficient (Wildman–Crippen LogP) is 15.2. The molecule has 9 aromatic rings. The van der Waals surface area contributed by atoms with Gasteiger partial charge in [0.15, 0.2) is 0 Å². The molecule has 0 atom stereocenters. The first kappa shape index (κ1) is 36.8. The third-order valence-corrected chi connectivity index (χ3v) is 11.7. The number of rotatable bonds is 9. The minimum Gasteiger partial charge on any atom is -0.507 e. The van der Waals surface area contributed by atoms with Crippen LogP contribution in [0.25, 0.3) is 83.9 Å². The van der Waals surface area contributed by atoms with Crippen LogP contribution in [0.1, 0.15) is 61.0 Å². The van der Waals surface area contributed by atoms with Crippen molar-refractivity contribution in [1.82, 2.24) is 14.5 Å². The van der Waals surface area contributed by atoms with Gasteiger partial charge in [0.05, 0.1) is 28.0 Å². The summed E-state index contributed by atoms with van der Waals surface area (Å²) in [5.74, 6) is 1.35. The number of phenolic OH excluding ortho intramolecular Hbond substituents is 1. The molecule has 0 amide bonds. The van der Waals surface area contributed by atoms with Crippen LogP contribution in [0.2, 0.25) is 0 Å². The summed E-state index contributed by atoms with van der Waals surface area (Å²) in [5.41, 5.74) is 16.4. The van der Waals surface area contributed by atoms with Gasteiger partial charge < -0.3 is 5.11 Å². The first-order chi connectivity index (χ1) is 31.1. The molecular formula is C58H53N3O. The number of imidazole rings is 1. The van der Waals surface area contributed by atoms with E-state index in [1.807, 2.05) is 43.5 Å². The standard InChI is InChI=1S/C58H53N3O/c1-37(2)29-40-23-26-53(50(31-40)43-17-12-9-13-18-43)61-54-20-14-19-49(55(54)60-57(61)51-36-48(58(5,6)7)30-39(4)56(51)62)46-32-45(41-15-10-8-11-16-41)33-47(34-46)52-35-44(27-28-59-52)42-24-21-38(3)22-25-42/h8-28,30-37,62H,29H2,1-7H3/i3D3. The van der Waals surface area contributed by atoms with Crippen LogP contribution in [0.15, 0.2) is 170 Å². The summed E-state index contributed by atoms with van der Waals surface area (Å²) in [5, 5.41) is 12.0. The third kappa shape index (κ3) is 7.97. The minimum atomic E-state index is -2.17. The Morgan fingerprint density at radius 3 is 2.02 bits per heavy atom. The van der Waals surface area contributed by atoms with E-state index in [2.05, 4.69) is 161 Å². The zero-order valence-electron chi connectivity index (χ0n) is 39.2. The van der Waals surface area contributed by atoms with Crippen LogP contribution in [0.3, 0.4) is 0 Å². The van der Waals surface area contributed by atoms with Crippen molar-refractivity contribution < 1.29 is 9.22 Å². The summed E-state index contributed by atoms with van der Waals surface area (Å²) in [6, 6.07) is 55.9. The summed E-state index contributed by atoms with van der Waals surface area (Å²) >= 11 is 0. The molecule has 4 nitrogen and oxygen atoms in total. The third-order valence-electron chi connectivity index (χ3n) is 11.7. The number of phenols is 1. The summed E-state index contributed by atoms with van der Waals surface area (Å²) in [6.07, 6.45) is 2.76. The second kappa shape index (κ2) is 16.4. The number of pyridine rings is 1. The number of aromatic hydroxyl groups is 1. The molecule has 0 saturated heterocycles. The molecule has 2 heterocycles. The predicted molar refractivity (Wildman–Crippen MR) is 260 cm³/mol. The molecule has 1 N–H and O–H groups in total. The molecule has 62 heavy (non-hydrogen) atoms. The molecule has 9 rings (SSSR count). The van der Waals surface area contributed by atoms with E-state index >= 15 is 0 Å². The second-order valence-corrected chi connectivity index (χ2v) is 17.9. The van der Waals surface area contributed by atoms with Gasteiger partial charge in [-0.3, -0.25) is 9.55 Å². The molecule has 0 bridgehead atoms. The van der Waals surface area contributed by atoms with Crippen molar-refractivity contribution in [2.75, 3.05) is 0 Å². The maximum Gasteiger partial charge on any atom is 0.149 e. The van der Waals surface area contributed by atoms with Gasteiger partial charge in [0.1, 0.15) is 11.6 Å². The Kier molecular flexibility index (Phi) is 9.75. The number of aryl methyl sites for hydroxylation is 2. The lowest BCUT2D eigenvalue weighted by molar-refractivity contribution is 0.471. The second-order valence-electron chi connectivity index (χ2n) is 17.9. The van der Waals surface area contributed by atoms with Crippen molar-refractivity contribution in [3.05, 3.63) is 192 Å². The molecule has 0 aliphatic rings. The van der Waals surface area contributed by atoms with Crippen LogP contribution in [0.5, 0.6) is 5.75 Å². The first-order valence-electron chi connectivity index (χ1n) is 23.0. The molecule has 2 aromatic heterocycles. The van der Waals surface area contributed by atoms with Crippen molar-refractivity contribution in [2.24, 2.45) is 5.92 Å². The lowest BCUT2D eigenvalue weighted by atomic mass is 9.84. The summed E-state index contributed by atoms with van der Waals surface area (Å²) in [4.78, 5) is 10.5. The molecular weight excluding hydrogens is 755 g/mol.